The second-order valence-electron chi connectivity index (χ2n) is 4.09. The van der Waals surface area contributed by atoms with Crippen LogP contribution in [0.1, 0.15) is 25.7 Å². The van der Waals surface area contributed by atoms with Gasteiger partial charge < -0.3 is 9.90 Å². The lowest BCUT2D eigenvalue weighted by Crippen LogP contribution is -2.12. The quantitative estimate of drug-likeness (QED) is 0.423. The molecule has 3 nitrogen and oxygen atoms in total. The summed E-state index contributed by atoms with van der Waals surface area (Å²) < 4.78 is 0. The smallest absolute Gasteiger partial charge is 0.303 e. The Kier molecular flexibility index (Phi) is 6.23. The third-order valence-electron chi connectivity index (χ3n) is 2.79. The fourth-order valence-corrected chi connectivity index (χ4v) is 3.21. The Morgan fingerprint density at radius 2 is 2.19 bits per heavy atom. The minimum absolute atomic E-state index is 0.216. The van der Waals surface area contributed by atoms with Gasteiger partial charge in [0.05, 0.1) is 0 Å². The van der Waals surface area contributed by atoms with Crippen LogP contribution in [-0.2, 0) is 9.59 Å². The molecule has 1 aliphatic heterocycles. The van der Waals surface area contributed by atoms with Gasteiger partial charge in [-0.1, -0.05) is 12.2 Å². The molecule has 0 bridgehead atoms. The number of carboxylic acid groups (broad SMARTS) is 1. The molecule has 0 radical (unpaired) electrons. The van der Waals surface area contributed by atoms with Crippen LogP contribution in [0, 0.1) is 11.8 Å². The van der Waals surface area contributed by atoms with E-state index in [1.165, 1.54) is 0 Å². The molecule has 16 heavy (non-hydrogen) atoms. The number of allylic oxidation sites excluding steroid dienone is 2. The highest BCUT2D eigenvalue weighted by molar-refractivity contribution is 7.99. The van der Waals surface area contributed by atoms with Gasteiger partial charge in [0.25, 0.3) is 0 Å². The van der Waals surface area contributed by atoms with Gasteiger partial charge in [0.2, 0.25) is 0 Å². The minimum atomic E-state index is -0.735. The zero-order chi connectivity index (χ0) is 11.8. The van der Waals surface area contributed by atoms with Crippen molar-refractivity contribution in [3.05, 3.63) is 12.2 Å². The van der Waals surface area contributed by atoms with Gasteiger partial charge >= 0.3 is 5.97 Å². The highest BCUT2D eigenvalue weighted by Crippen LogP contribution is 2.31. The summed E-state index contributed by atoms with van der Waals surface area (Å²) in [5.74, 6) is 2.00. The normalized spacial score (nSPS) is 25.0. The number of carboxylic acids is 1. The molecule has 1 aliphatic rings. The highest BCUT2D eigenvalue weighted by atomic mass is 32.2. The second kappa shape index (κ2) is 7.49. The summed E-state index contributed by atoms with van der Waals surface area (Å²) in [6.45, 7) is 0. The van der Waals surface area contributed by atoms with Crippen LogP contribution in [0.4, 0.5) is 0 Å². The third kappa shape index (κ3) is 4.84. The van der Waals surface area contributed by atoms with E-state index in [9.17, 15) is 9.59 Å². The Bertz CT molecular complexity index is 263. The number of aldehydes is 1. The fourth-order valence-electron chi connectivity index (χ4n) is 1.77. The van der Waals surface area contributed by atoms with Crippen molar-refractivity contribution in [3.63, 3.8) is 0 Å². The molecule has 0 aromatic carbocycles. The number of carbonyl (C=O) groups is 2. The fraction of sp³-hybridized carbons (Fsp3) is 0.667. The molecular weight excluding hydrogens is 224 g/mol. The largest absolute Gasteiger partial charge is 0.481 e. The van der Waals surface area contributed by atoms with E-state index in [0.29, 0.717) is 12.3 Å². The maximum absolute atomic E-state index is 10.7. The molecule has 4 heteroatoms. The van der Waals surface area contributed by atoms with Crippen molar-refractivity contribution in [1.29, 1.82) is 0 Å². The van der Waals surface area contributed by atoms with E-state index in [1.807, 2.05) is 17.8 Å². The van der Waals surface area contributed by atoms with Crippen LogP contribution in [0.15, 0.2) is 12.2 Å². The predicted molar refractivity (Wildman–Crippen MR) is 65.6 cm³/mol. The van der Waals surface area contributed by atoms with Crippen molar-refractivity contribution in [2.45, 2.75) is 25.7 Å². The topological polar surface area (TPSA) is 54.4 Å². The molecule has 0 aromatic rings. The summed E-state index contributed by atoms with van der Waals surface area (Å²) in [4.78, 5) is 21.0. The first kappa shape index (κ1) is 13.3. The van der Waals surface area contributed by atoms with Crippen LogP contribution < -0.4 is 0 Å². The molecule has 2 atom stereocenters. The van der Waals surface area contributed by atoms with Gasteiger partial charge in [0, 0.05) is 18.1 Å². The summed E-state index contributed by atoms with van der Waals surface area (Å²) in [6.07, 6.45) is 7.90. The molecule has 90 valence electrons. The van der Waals surface area contributed by atoms with Gasteiger partial charge in [-0.3, -0.25) is 4.79 Å². The van der Waals surface area contributed by atoms with Crippen molar-refractivity contribution in [1.82, 2.24) is 0 Å². The van der Waals surface area contributed by atoms with E-state index < -0.39 is 5.97 Å². The van der Waals surface area contributed by atoms with Gasteiger partial charge in [-0.2, -0.15) is 11.8 Å². The summed E-state index contributed by atoms with van der Waals surface area (Å²) in [5.41, 5.74) is 0. The SMILES string of the molecule is O=C[C@H]1CSC[C@H]1CC=CCCCC(=O)O. The molecule has 1 saturated heterocycles. The average molecular weight is 242 g/mol. The van der Waals surface area contributed by atoms with E-state index in [-0.39, 0.29) is 12.3 Å². The van der Waals surface area contributed by atoms with Crippen molar-refractivity contribution < 1.29 is 14.7 Å². The summed E-state index contributed by atoms with van der Waals surface area (Å²) in [6, 6.07) is 0. The summed E-state index contributed by atoms with van der Waals surface area (Å²) >= 11 is 1.84. The van der Waals surface area contributed by atoms with Crippen LogP contribution >= 0.6 is 11.8 Å². The molecular formula is C12H18O3S. The first-order valence-corrected chi connectivity index (χ1v) is 6.79. The summed E-state index contributed by atoms with van der Waals surface area (Å²) in [7, 11) is 0. The number of unbranched alkanes of at least 4 members (excludes halogenated alkanes) is 1. The molecule has 1 fully saturated rings. The van der Waals surface area contributed by atoms with Crippen LogP contribution in [-0.4, -0.2) is 28.9 Å². The van der Waals surface area contributed by atoms with E-state index in [2.05, 4.69) is 6.08 Å². The van der Waals surface area contributed by atoms with E-state index in [1.54, 1.807) is 0 Å². The van der Waals surface area contributed by atoms with Crippen molar-refractivity contribution in [2.75, 3.05) is 11.5 Å². The Hall–Kier alpha value is -0.770. The lowest BCUT2D eigenvalue weighted by Gasteiger charge is -2.09. The molecule has 0 spiro atoms. The van der Waals surface area contributed by atoms with Gasteiger partial charge in [-0.15, -0.1) is 0 Å². The van der Waals surface area contributed by atoms with Gasteiger partial charge in [0.1, 0.15) is 6.29 Å². The number of hydrogen-bond donors (Lipinski definition) is 1. The molecule has 0 aliphatic carbocycles. The van der Waals surface area contributed by atoms with Crippen molar-refractivity contribution in [3.8, 4) is 0 Å². The third-order valence-corrected chi connectivity index (χ3v) is 4.07. The number of aliphatic carboxylic acids is 1. The molecule has 0 unspecified atom stereocenters. The van der Waals surface area contributed by atoms with Crippen molar-refractivity contribution >= 4 is 24.0 Å². The Morgan fingerprint density at radius 3 is 2.88 bits per heavy atom. The Morgan fingerprint density at radius 1 is 1.38 bits per heavy atom. The number of carbonyl (C=O) groups excluding carboxylic acids is 1. The standard InChI is InChI=1S/C12H18O3S/c13-7-11-9-16-8-10(11)5-3-1-2-4-6-12(14)15/h1,3,7,10-11H,2,4-6,8-9H2,(H,14,15)/t10-,11+/m1/s1. The van der Waals surface area contributed by atoms with Gasteiger partial charge in [-0.05, 0) is 30.9 Å². The highest BCUT2D eigenvalue weighted by Gasteiger charge is 2.25. The maximum Gasteiger partial charge on any atom is 0.303 e. The molecule has 1 heterocycles. The van der Waals surface area contributed by atoms with Gasteiger partial charge in [-0.25, -0.2) is 0 Å². The first-order chi connectivity index (χ1) is 7.74. The number of rotatable bonds is 7. The van der Waals surface area contributed by atoms with Crippen LogP contribution in [0.25, 0.3) is 0 Å². The molecule has 0 saturated carbocycles. The van der Waals surface area contributed by atoms with Crippen LogP contribution in [0.3, 0.4) is 0 Å². The first-order valence-electron chi connectivity index (χ1n) is 5.64. The predicted octanol–water partition coefficient (Wildman–Crippen LogP) is 2.37. The Balaban J connectivity index is 2.11. The van der Waals surface area contributed by atoms with E-state index in [0.717, 1.165) is 30.6 Å². The monoisotopic (exact) mass is 242 g/mol. The average Bonchev–Trinajstić information content (AvgIpc) is 2.70. The molecule has 1 N–H and O–H groups in total. The minimum Gasteiger partial charge on any atom is -0.481 e. The van der Waals surface area contributed by atoms with Gasteiger partial charge in [0.15, 0.2) is 0 Å². The molecule has 1 rings (SSSR count). The zero-order valence-electron chi connectivity index (χ0n) is 9.30. The molecule has 0 aromatic heterocycles. The maximum atomic E-state index is 10.7. The zero-order valence-corrected chi connectivity index (χ0v) is 10.1. The second-order valence-corrected chi connectivity index (χ2v) is 5.17. The molecule has 0 amide bonds. The number of hydrogen-bond acceptors (Lipinski definition) is 3. The van der Waals surface area contributed by atoms with Crippen molar-refractivity contribution in [2.24, 2.45) is 11.8 Å². The van der Waals surface area contributed by atoms with Crippen LogP contribution in [0.5, 0.6) is 0 Å². The summed E-state index contributed by atoms with van der Waals surface area (Å²) in [5, 5.41) is 8.44. The Labute approximate surface area is 100 Å². The lowest BCUT2D eigenvalue weighted by atomic mass is 9.94. The van der Waals surface area contributed by atoms with E-state index >= 15 is 0 Å². The lowest BCUT2D eigenvalue weighted by molar-refractivity contribution is -0.137. The number of thioether (sulfide) groups is 1. The van der Waals surface area contributed by atoms with E-state index in [4.69, 9.17) is 5.11 Å². The van der Waals surface area contributed by atoms with Crippen LogP contribution in [0.2, 0.25) is 0 Å².